The smallest absolute Gasteiger partial charge is 0.303 e. The molecule has 0 aromatic heterocycles. The number of amides is 1. The topological polar surface area (TPSA) is 66.4 Å². The first kappa shape index (κ1) is 14.0. The summed E-state index contributed by atoms with van der Waals surface area (Å²) in [5.41, 5.74) is 0. The van der Waals surface area contributed by atoms with Crippen LogP contribution in [0, 0.1) is 11.8 Å². The van der Waals surface area contributed by atoms with E-state index < -0.39 is 5.97 Å². The third-order valence-corrected chi connectivity index (χ3v) is 3.76. The number of aliphatic carboxylic acids is 1. The van der Waals surface area contributed by atoms with Gasteiger partial charge in [-0.3, -0.25) is 9.59 Å². The molecule has 1 aliphatic rings. The lowest BCUT2D eigenvalue weighted by molar-refractivity contribution is -0.137. The molecule has 0 heterocycles. The van der Waals surface area contributed by atoms with E-state index in [1.54, 1.807) is 0 Å². The van der Waals surface area contributed by atoms with Crippen molar-refractivity contribution in [2.45, 2.75) is 57.9 Å². The fraction of sp³-hybridized carbons (Fsp3) is 0.846. The summed E-state index contributed by atoms with van der Waals surface area (Å²) < 4.78 is 0. The maximum atomic E-state index is 10.5. The van der Waals surface area contributed by atoms with Crippen molar-refractivity contribution in [1.82, 2.24) is 5.32 Å². The zero-order chi connectivity index (χ0) is 12.7. The number of carboxylic acid groups (broad SMARTS) is 1. The van der Waals surface area contributed by atoms with Crippen LogP contribution in [0.2, 0.25) is 0 Å². The molecule has 0 aliphatic heterocycles. The number of nitrogens with one attached hydrogen (secondary N) is 1. The van der Waals surface area contributed by atoms with Gasteiger partial charge in [-0.15, -0.1) is 0 Å². The van der Waals surface area contributed by atoms with E-state index >= 15 is 0 Å². The minimum absolute atomic E-state index is 0.0296. The predicted octanol–water partition coefficient (Wildman–Crippen LogP) is 2.18. The van der Waals surface area contributed by atoms with Gasteiger partial charge in [-0.2, -0.15) is 0 Å². The first-order chi connectivity index (χ1) is 8.11. The third kappa shape index (κ3) is 5.71. The van der Waals surface area contributed by atoms with E-state index in [9.17, 15) is 9.59 Å². The standard InChI is InChI=1S/C13H23NO3/c1-10-2-4-11(5-3-10)8-12(14-9-15)6-7-13(16)17/h9-12H,2-8H2,1H3,(H,14,15)(H,16,17). The summed E-state index contributed by atoms with van der Waals surface area (Å²) in [7, 11) is 0. The van der Waals surface area contributed by atoms with Crippen molar-refractivity contribution in [3.05, 3.63) is 0 Å². The lowest BCUT2D eigenvalue weighted by atomic mass is 9.79. The number of hydrogen-bond donors (Lipinski definition) is 2. The molecule has 0 aromatic rings. The molecule has 0 radical (unpaired) electrons. The highest BCUT2D eigenvalue weighted by Crippen LogP contribution is 2.31. The van der Waals surface area contributed by atoms with Gasteiger partial charge in [-0.1, -0.05) is 32.6 Å². The maximum absolute atomic E-state index is 10.5. The zero-order valence-corrected chi connectivity index (χ0v) is 10.5. The molecule has 1 rings (SSSR count). The van der Waals surface area contributed by atoms with Crippen LogP contribution >= 0.6 is 0 Å². The Bertz CT molecular complexity index is 247. The van der Waals surface area contributed by atoms with Crippen LogP contribution in [-0.2, 0) is 9.59 Å². The largest absolute Gasteiger partial charge is 0.481 e. The molecule has 1 aliphatic carbocycles. The van der Waals surface area contributed by atoms with Gasteiger partial charge >= 0.3 is 5.97 Å². The van der Waals surface area contributed by atoms with Gasteiger partial charge in [0.15, 0.2) is 0 Å². The summed E-state index contributed by atoms with van der Waals surface area (Å²) >= 11 is 0. The van der Waals surface area contributed by atoms with E-state index in [0.717, 1.165) is 12.3 Å². The average Bonchev–Trinajstić information content (AvgIpc) is 2.29. The summed E-state index contributed by atoms with van der Waals surface area (Å²) in [5, 5.41) is 11.4. The Labute approximate surface area is 103 Å². The number of rotatable bonds is 7. The Balaban J connectivity index is 2.32. The number of hydrogen-bond acceptors (Lipinski definition) is 2. The fourth-order valence-corrected chi connectivity index (χ4v) is 2.63. The van der Waals surface area contributed by atoms with E-state index in [2.05, 4.69) is 12.2 Å². The average molecular weight is 241 g/mol. The van der Waals surface area contributed by atoms with Gasteiger partial charge in [0.2, 0.25) is 6.41 Å². The van der Waals surface area contributed by atoms with Crippen LogP contribution in [0.5, 0.6) is 0 Å². The third-order valence-electron chi connectivity index (χ3n) is 3.76. The van der Waals surface area contributed by atoms with Crippen LogP contribution in [0.1, 0.15) is 51.9 Å². The number of carboxylic acids is 1. The Kier molecular flexibility index (Phi) is 6.01. The van der Waals surface area contributed by atoms with Crippen LogP contribution < -0.4 is 5.32 Å². The summed E-state index contributed by atoms with van der Waals surface area (Å²) in [6.07, 6.45) is 7.25. The minimum Gasteiger partial charge on any atom is -0.481 e. The van der Waals surface area contributed by atoms with Crippen molar-refractivity contribution in [2.24, 2.45) is 11.8 Å². The highest BCUT2D eigenvalue weighted by molar-refractivity contribution is 5.66. The Morgan fingerprint density at radius 2 is 2.06 bits per heavy atom. The number of carbonyl (C=O) groups excluding carboxylic acids is 1. The Morgan fingerprint density at radius 1 is 1.41 bits per heavy atom. The SMILES string of the molecule is CC1CCC(CC(CCC(=O)O)NC=O)CC1. The highest BCUT2D eigenvalue weighted by Gasteiger charge is 2.21. The molecule has 98 valence electrons. The van der Waals surface area contributed by atoms with Gasteiger partial charge in [0.1, 0.15) is 0 Å². The summed E-state index contributed by atoms with van der Waals surface area (Å²) in [4.78, 5) is 21.0. The zero-order valence-electron chi connectivity index (χ0n) is 10.5. The minimum atomic E-state index is -0.792. The molecule has 1 unspecified atom stereocenters. The highest BCUT2D eigenvalue weighted by atomic mass is 16.4. The predicted molar refractivity (Wildman–Crippen MR) is 65.6 cm³/mol. The maximum Gasteiger partial charge on any atom is 0.303 e. The van der Waals surface area contributed by atoms with Crippen LogP contribution in [0.25, 0.3) is 0 Å². The van der Waals surface area contributed by atoms with Crippen molar-refractivity contribution >= 4 is 12.4 Å². The Morgan fingerprint density at radius 3 is 2.59 bits per heavy atom. The number of carbonyl (C=O) groups is 2. The quantitative estimate of drug-likeness (QED) is 0.671. The second-order valence-electron chi connectivity index (χ2n) is 5.28. The first-order valence-electron chi connectivity index (χ1n) is 6.53. The van der Waals surface area contributed by atoms with Crippen LogP contribution in [0.4, 0.5) is 0 Å². The first-order valence-corrected chi connectivity index (χ1v) is 6.53. The molecule has 1 atom stereocenters. The summed E-state index contributed by atoms with van der Waals surface area (Å²) in [6.45, 7) is 2.28. The van der Waals surface area contributed by atoms with Gasteiger partial charge in [-0.05, 0) is 24.7 Å². The van der Waals surface area contributed by atoms with Crippen molar-refractivity contribution in [1.29, 1.82) is 0 Å². The molecular weight excluding hydrogens is 218 g/mol. The Hall–Kier alpha value is -1.06. The van der Waals surface area contributed by atoms with E-state index in [-0.39, 0.29) is 12.5 Å². The van der Waals surface area contributed by atoms with E-state index in [0.29, 0.717) is 18.7 Å². The molecule has 4 heteroatoms. The van der Waals surface area contributed by atoms with Crippen LogP contribution in [0.15, 0.2) is 0 Å². The molecule has 0 spiro atoms. The van der Waals surface area contributed by atoms with E-state index in [4.69, 9.17) is 5.11 Å². The lowest BCUT2D eigenvalue weighted by Crippen LogP contribution is -2.31. The van der Waals surface area contributed by atoms with Gasteiger partial charge < -0.3 is 10.4 Å². The second-order valence-corrected chi connectivity index (χ2v) is 5.28. The summed E-state index contributed by atoms with van der Waals surface area (Å²) in [6, 6.07) is 0.0296. The van der Waals surface area contributed by atoms with Crippen LogP contribution in [0.3, 0.4) is 0 Å². The van der Waals surface area contributed by atoms with Gasteiger partial charge in [0, 0.05) is 12.5 Å². The van der Waals surface area contributed by atoms with Gasteiger partial charge in [0.25, 0.3) is 0 Å². The molecule has 0 bridgehead atoms. The van der Waals surface area contributed by atoms with Crippen molar-refractivity contribution in [2.75, 3.05) is 0 Å². The van der Waals surface area contributed by atoms with Crippen molar-refractivity contribution in [3.63, 3.8) is 0 Å². The molecule has 1 amide bonds. The molecule has 0 aromatic carbocycles. The normalized spacial score (nSPS) is 26.2. The summed E-state index contributed by atoms with van der Waals surface area (Å²) in [5.74, 6) is 0.681. The molecular formula is C13H23NO3. The van der Waals surface area contributed by atoms with E-state index in [1.165, 1.54) is 25.7 Å². The molecule has 17 heavy (non-hydrogen) atoms. The lowest BCUT2D eigenvalue weighted by Gasteiger charge is -2.29. The van der Waals surface area contributed by atoms with E-state index in [1.807, 2.05) is 0 Å². The fourth-order valence-electron chi connectivity index (χ4n) is 2.63. The van der Waals surface area contributed by atoms with Gasteiger partial charge in [0.05, 0.1) is 0 Å². The van der Waals surface area contributed by atoms with Crippen molar-refractivity contribution in [3.8, 4) is 0 Å². The molecule has 1 saturated carbocycles. The van der Waals surface area contributed by atoms with Gasteiger partial charge in [-0.25, -0.2) is 0 Å². The molecule has 0 saturated heterocycles. The van der Waals surface area contributed by atoms with Crippen LogP contribution in [-0.4, -0.2) is 23.5 Å². The molecule has 4 nitrogen and oxygen atoms in total. The molecule has 2 N–H and O–H groups in total. The monoisotopic (exact) mass is 241 g/mol. The molecule has 1 fully saturated rings. The second kappa shape index (κ2) is 7.30. The van der Waals surface area contributed by atoms with Crippen molar-refractivity contribution < 1.29 is 14.7 Å².